The van der Waals surface area contributed by atoms with Gasteiger partial charge in [-0.05, 0) is 50.3 Å². The summed E-state index contributed by atoms with van der Waals surface area (Å²) >= 11 is 0. The SMILES string of the molecule is CC1CCCC(CN)(CN2c3ccccc3CC2C)C1. The maximum atomic E-state index is 6.22. The van der Waals surface area contributed by atoms with Crippen molar-refractivity contribution in [2.24, 2.45) is 17.1 Å². The Hall–Kier alpha value is -1.02. The van der Waals surface area contributed by atoms with Crippen LogP contribution in [-0.2, 0) is 6.42 Å². The summed E-state index contributed by atoms with van der Waals surface area (Å²) in [7, 11) is 0. The van der Waals surface area contributed by atoms with E-state index in [1.54, 1.807) is 0 Å². The molecule has 0 aromatic heterocycles. The Morgan fingerprint density at radius 3 is 2.85 bits per heavy atom. The van der Waals surface area contributed by atoms with Crippen molar-refractivity contribution < 1.29 is 0 Å². The third-order valence-corrected chi connectivity index (χ3v) is 5.47. The average Bonchev–Trinajstić information content (AvgIpc) is 2.75. The average molecular weight is 272 g/mol. The van der Waals surface area contributed by atoms with Crippen LogP contribution in [0.5, 0.6) is 0 Å². The molecule has 2 nitrogen and oxygen atoms in total. The van der Waals surface area contributed by atoms with Crippen LogP contribution in [0.4, 0.5) is 5.69 Å². The zero-order chi connectivity index (χ0) is 14.2. The summed E-state index contributed by atoms with van der Waals surface area (Å²) < 4.78 is 0. The number of anilines is 1. The number of hydrogen-bond donors (Lipinski definition) is 1. The van der Waals surface area contributed by atoms with E-state index in [2.05, 4.69) is 43.0 Å². The van der Waals surface area contributed by atoms with Gasteiger partial charge in [-0.1, -0.05) is 38.0 Å². The predicted octanol–water partition coefficient (Wildman–Crippen LogP) is 3.59. The Balaban J connectivity index is 1.82. The van der Waals surface area contributed by atoms with Crippen molar-refractivity contribution in [3.8, 4) is 0 Å². The standard InChI is InChI=1S/C18H28N2/c1-14-6-5-9-18(11-14,12-19)13-20-15(2)10-16-7-3-4-8-17(16)20/h3-4,7-8,14-15H,5-6,9-13,19H2,1-2H3. The molecule has 0 bridgehead atoms. The second kappa shape index (κ2) is 5.40. The van der Waals surface area contributed by atoms with Crippen molar-refractivity contribution in [1.29, 1.82) is 0 Å². The molecule has 3 unspecified atom stereocenters. The van der Waals surface area contributed by atoms with Crippen molar-refractivity contribution >= 4 is 5.69 Å². The zero-order valence-electron chi connectivity index (χ0n) is 12.9. The second-order valence-electron chi connectivity index (χ2n) is 7.22. The van der Waals surface area contributed by atoms with E-state index in [-0.39, 0.29) is 0 Å². The van der Waals surface area contributed by atoms with Gasteiger partial charge in [-0.2, -0.15) is 0 Å². The molecule has 1 aliphatic heterocycles. The van der Waals surface area contributed by atoms with E-state index in [0.29, 0.717) is 11.5 Å². The highest BCUT2D eigenvalue weighted by Crippen LogP contribution is 2.42. The van der Waals surface area contributed by atoms with Crippen LogP contribution in [0.25, 0.3) is 0 Å². The summed E-state index contributed by atoms with van der Waals surface area (Å²) in [6.07, 6.45) is 6.52. The lowest BCUT2D eigenvalue weighted by Crippen LogP contribution is -2.47. The van der Waals surface area contributed by atoms with Crippen molar-refractivity contribution in [3.05, 3.63) is 29.8 Å². The summed E-state index contributed by atoms with van der Waals surface area (Å²) in [4.78, 5) is 2.63. The minimum Gasteiger partial charge on any atom is -0.368 e. The van der Waals surface area contributed by atoms with Crippen molar-refractivity contribution in [2.45, 2.75) is 52.0 Å². The molecule has 2 N–H and O–H groups in total. The Kier molecular flexibility index (Phi) is 3.76. The van der Waals surface area contributed by atoms with Gasteiger partial charge in [0, 0.05) is 23.7 Å². The topological polar surface area (TPSA) is 29.3 Å². The fourth-order valence-electron chi connectivity index (χ4n) is 4.39. The largest absolute Gasteiger partial charge is 0.368 e. The number of nitrogens with two attached hydrogens (primary N) is 1. The molecule has 1 aromatic carbocycles. The maximum Gasteiger partial charge on any atom is 0.0402 e. The van der Waals surface area contributed by atoms with Gasteiger partial charge in [0.05, 0.1) is 0 Å². The number of para-hydroxylation sites is 1. The molecule has 1 fully saturated rings. The lowest BCUT2D eigenvalue weighted by atomic mass is 9.69. The van der Waals surface area contributed by atoms with Crippen molar-refractivity contribution in [1.82, 2.24) is 0 Å². The summed E-state index contributed by atoms with van der Waals surface area (Å²) in [6, 6.07) is 9.52. The van der Waals surface area contributed by atoms with Crippen LogP contribution < -0.4 is 10.6 Å². The van der Waals surface area contributed by atoms with Crippen LogP contribution in [-0.4, -0.2) is 19.1 Å². The normalized spacial score (nSPS) is 33.2. The minimum absolute atomic E-state index is 0.337. The first-order valence-electron chi connectivity index (χ1n) is 8.18. The summed E-state index contributed by atoms with van der Waals surface area (Å²) in [5.41, 5.74) is 9.51. The first-order valence-corrected chi connectivity index (χ1v) is 8.18. The van der Waals surface area contributed by atoms with E-state index in [9.17, 15) is 0 Å². The molecule has 0 saturated heterocycles. The van der Waals surface area contributed by atoms with E-state index in [0.717, 1.165) is 19.0 Å². The molecule has 3 rings (SSSR count). The Labute approximate surface area is 123 Å². The molecule has 3 atom stereocenters. The van der Waals surface area contributed by atoms with Crippen LogP contribution >= 0.6 is 0 Å². The van der Waals surface area contributed by atoms with Gasteiger partial charge in [-0.25, -0.2) is 0 Å². The molecule has 20 heavy (non-hydrogen) atoms. The minimum atomic E-state index is 0.337. The van der Waals surface area contributed by atoms with Crippen LogP contribution in [0.2, 0.25) is 0 Å². The first kappa shape index (κ1) is 13.9. The second-order valence-corrected chi connectivity index (χ2v) is 7.22. The number of nitrogens with zero attached hydrogens (tertiary/aromatic N) is 1. The molecule has 110 valence electrons. The summed E-state index contributed by atoms with van der Waals surface area (Å²) in [5.74, 6) is 0.834. The van der Waals surface area contributed by atoms with E-state index in [4.69, 9.17) is 5.73 Å². The fraction of sp³-hybridized carbons (Fsp3) is 0.667. The molecule has 0 spiro atoms. The molecule has 2 heteroatoms. The zero-order valence-corrected chi connectivity index (χ0v) is 12.9. The summed E-state index contributed by atoms with van der Waals surface area (Å²) in [5, 5.41) is 0. The highest BCUT2D eigenvalue weighted by atomic mass is 15.2. The highest BCUT2D eigenvalue weighted by Gasteiger charge is 2.38. The smallest absolute Gasteiger partial charge is 0.0402 e. The fourth-order valence-corrected chi connectivity index (χ4v) is 4.39. The van der Waals surface area contributed by atoms with Crippen LogP contribution in [0, 0.1) is 11.3 Å². The number of rotatable bonds is 3. The third-order valence-electron chi connectivity index (χ3n) is 5.47. The van der Waals surface area contributed by atoms with E-state index in [1.807, 2.05) is 0 Å². The Morgan fingerprint density at radius 1 is 1.30 bits per heavy atom. The monoisotopic (exact) mass is 272 g/mol. The number of benzene rings is 1. The van der Waals surface area contributed by atoms with E-state index in [1.165, 1.54) is 43.4 Å². The van der Waals surface area contributed by atoms with E-state index >= 15 is 0 Å². The lowest BCUT2D eigenvalue weighted by Gasteiger charge is -2.43. The molecule has 1 heterocycles. The Bertz CT molecular complexity index is 470. The predicted molar refractivity (Wildman–Crippen MR) is 86.1 cm³/mol. The third kappa shape index (κ3) is 2.46. The molecular weight excluding hydrogens is 244 g/mol. The van der Waals surface area contributed by atoms with Gasteiger partial charge >= 0.3 is 0 Å². The quantitative estimate of drug-likeness (QED) is 0.911. The van der Waals surface area contributed by atoms with Gasteiger partial charge in [0.1, 0.15) is 0 Å². The molecule has 1 aliphatic carbocycles. The van der Waals surface area contributed by atoms with E-state index < -0.39 is 0 Å². The molecular formula is C18H28N2. The Morgan fingerprint density at radius 2 is 2.10 bits per heavy atom. The van der Waals surface area contributed by atoms with Gasteiger partial charge in [0.2, 0.25) is 0 Å². The summed E-state index contributed by atoms with van der Waals surface area (Å²) in [6.45, 7) is 6.73. The van der Waals surface area contributed by atoms with Gasteiger partial charge in [-0.3, -0.25) is 0 Å². The molecule has 1 aromatic rings. The van der Waals surface area contributed by atoms with Gasteiger partial charge in [-0.15, -0.1) is 0 Å². The van der Waals surface area contributed by atoms with Crippen LogP contribution in [0.15, 0.2) is 24.3 Å². The van der Waals surface area contributed by atoms with Gasteiger partial charge in [0.25, 0.3) is 0 Å². The van der Waals surface area contributed by atoms with Gasteiger partial charge in [0.15, 0.2) is 0 Å². The molecule has 0 amide bonds. The molecule has 2 aliphatic rings. The first-order chi connectivity index (χ1) is 9.63. The molecule has 0 radical (unpaired) electrons. The maximum absolute atomic E-state index is 6.22. The molecule has 1 saturated carbocycles. The van der Waals surface area contributed by atoms with Gasteiger partial charge < -0.3 is 10.6 Å². The van der Waals surface area contributed by atoms with Crippen molar-refractivity contribution in [2.75, 3.05) is 18.0 Å². The van der Waals surface area contributed by atoms with Crippen LogP contribution in [0.3, 0.4) is 0 Å². The number of fused-ring (bicyclic) bond motifs is 1. The van der Waals surface area contributed by atoms with Crippen molar-refractivity contribution in [3.63, 3.8) is 0 Å². The lowest BCUT2D eigenvalue weighted by molar-refractivity contribution is 0.158. The number of hydrogen-bond acceptors (Lipinski definition) is 2. The highest BCUT2D eigenvalue weighted by molar-refractivity contribution is 5.59. The van der Waals surface area contributed by atoms with Crippen LogP contribution in [0.1, 0.15) is 45.1 Å².